The molecule has 0 aliphatic rings. The lowest BCUT2D eigenvalue weighted by Gasteiger charge is -2.18. The Hall–Kier alpha value is -2.37. The first kappa shape index (κ1) is 22.7. The summed E-state index contributed by atoms with van der Waals surface area (Å²) < 4.78 is 0. The molecule has 27 heavy (non-hydrogen) atoms. The van der Waals surface area contributed by atoms with Gasteiger partial charge in [-0.3, -0.25) is 14.4 Å². The number of rotatable bonds is 14. The van der Waals surface area contributed by atoms with Crippen LogP contribution in [0.1, 0.15) is 71.1 Å². The maximum atomic E-state index is 12.1. The summed E-state index contributed by atoms with van der Waals surface area (Å²) in [4.78, 5) is 34.6. The molecule has 0 aromatic heterocycles. The van der Waals surface area contributed by atoms with Crippen LogP contribution in [0, 0.1) is 0 Å². The molecule has 6 heteroatoms. The second-order valence-electron chi connectivity index (χ2n) is 6.81. The van der Waals surface area contributed by atoms with Gasteiger partial charge in [0.1, 0.15) is 0 Å². The zero-order valence-electron chi connectivity index (χ0n) is 16.2. The summed E-state index contributed by atoms with van der Waals surface area (Å²) in [6, 6.07) is 9.34. The Kier molecular flexibility index (Phi) is 11.6. The number of aliphatic carboxylic acids is 1. The van der Waals surface area contributed by atoms with E-state index in [1.165, 1.54) is 0 Å². The van der Waals surface area contributed by atoms with Crippen molar-refractivity contribution >= 4 is 23.5 Å². The van der Waals surface area contributed by atoms with Gasteiger partial charge >= 0.3 is 5.97 Å². The normalized spacial score (nSPS) is 11.6. The zero-order valence-corrected chi connectivity index (χ0v) is 16.2. The largest absolute Gasteiger partial charge is 0.481 e. The number of carboxylic acid groups (broad SMARTS) is 1. The molecule has 1 rings (SSSR count). The number of para-hydroxylation sites is 1. The first-order valence-electron chi connectivity index (χ1n) is 9.87. The number of benzene rings is 1. The average molecular weight is 376 g/mol. The van der Waals surface area contributed by atoms with Crippen LogP contribution in [-0.2, 0) is 14.4 Å². The van der Waals surface area contributed by atoms with Crippen LogP contribution in [-0.4, -0.2) is 28.9 Å². The third kappa shape index (κ3) is 11.8. The summed E-state index contributed by atoms with van der Waals surface area (Å²) in [6.45, 7) is 2.09. The van der Waals surface area contributed by atoms with Crippen molar-refractivity contribution in [3.8, 4) is 0 Å². The molecule has 0 aliphatic heterocycles. The summed E-state index contributed by atoms with van der Waals surface area (Å²) in [7, 11) is 0. The number of hydrogen-bond acceptors (Lipinski definition) is 3. The molecule has 0 saturated carbocycles. The molecular weight excluding hydrogens is 344 g/mol. The fourth-order valence-corrected chi connectivity index (χ4v) is 2.85. The highest BCUT2D eigenvalue weighted by atomic mass is 16.4. The molecule has 1 aromatic rings. The van der Waals surface area contributed by atoms with E-state index in [4.69, 9.17) is 5.11 Å². The van der Waals surface area contributed by atoms with Crippen molar-refractivity contribution in [3.05, 3.63) is 30.3 Å². The SMILES string of the molecule is CCCCC(CCCC(=O)O)NC(=O)CCCCC(=O)Nc1ccccc1. The molecule has 1 unspecified atom stereocenters. The Balaban J connectivity index is 2.22. The number of amides is 2. The fourth-order valence-electron chi connectivity index (χ4n) is 2.85. The molecule has 0 radical (unpaired) electrons. The predicted octanol–water partition coefficient (Wildman–Crippen LogP) is 4.12. The second kappa shape index (κ2) is 13.8. The molecule has 0 fully saturated rings. The van der Waals surface area contributed by atoms with Gasteiger partial charge in [-0.25, -0.2) is 0 Å². The molecule has 0 spiro atoms. The third-order valence-corrected chi connectivity index (χ3v) is 4.33. The van der Waals surface area contributed by atoms with Crippen LogP contribution >= 0.6 is 0 Å². The Morgan fingerprint density at radius 2 is 1.52 bits per heavy atom. The van der Waals surface area contributed by atoms with Crippen LogP contribution in [0.2, 0.25) is 0 Å². The maximum absolute atomic E-state index is 12.1. The smallest absolute Gasteiger partial charge is 0.303 e. The van der Waals surface area contributed by atoms with Crippen molar-refractivity contribution in [2.75, 3.05) is 5.32 Å². The topological polar surface area (TPSA) is 95.5 Å². The highest BCUT2D eigenvalue weighted by molar-refractivity contribution is 5.90. The predicted molar refractivity (Wildman–Crippen MR) is 106 cm³/mol. The Morgan fingerprint density at radius 1 is 0.889 bits per heavy atom. The van der Waals surface area contributed by atoms with Gasteiger partial charge in [0.2, 0.25) is 11.8 Å². The van der Waals surface area contributed by atoms with Crippen LogP contribution < -0.4 is 10.6 Å². The maximum Gasteiger partial charge on any atom is 0.303 e. The number of nitrogens with one attached hydrogen (secondary N) is 2. The molecule has 150 valence electrons. The lowest BCUT2D eigenvalue weighted by atomic mass is 10.0. The van der Waals surface area contributed by atoms with Gasteiger partial charge in [0, 0.05) is 31.0 Å². The molecule has 0 saturated heterocycles. The van der Waals surface area contributed by atoms with E-state index >= 15 is 0 Å². The van der Waals surface area contributed by atoms with Gasteiger partial charge in [-0.1, -0.05) is 38.0 Å². The summed E-state index contributed by atoms with van der Waals surface area (Å²) in [5.74, 6) is -0.865. The van der Waals surface area contributed by atoms with Crippen LogP contribution in [0.3, 0.4) is 0 Å². The zero-order chi connectivity index (χ0) is 19.9. The number of carboxylic acids is 1. The second-order valence-corrected chi connectivity index (χ2v) is 6.81. The first-order valence-corrected chi connectivity index (χ1v) is 9.87. The summed E-state index contributed by atoms with van der Waals surface area (Å²) in [6.07, 6.45) is 6.42. The van der Waals surface area contributed by atoms with E-state index in [-0.39, 0.29) is 24.3 Å². The van der Waals surface area contributed by atoms with Crippen molar-refractivity contribution in [2.24, 2.45) is 0 Å². The van der Waals surface area contributed by atoms with Gasteiger partial charge in [0.05, 0.1) is 0 Å². The molecular formula is C21H32N2O4. The minimum absolute atomic E-state index is 0.0186. The van der Waals surface area contributed by atoms with Crippen molar-refractivity contribution < 1.29 is 19.5 Å². The molecule has 1 atom stereocenters. The third-order valence-electron chi connectivity index (χ3n) is 4.33. The van der Waals surface area contributed by atoms with Gasteiger partial charge in [-0.15, -0.1) is 0 Å². The van der Waals surface area contributed by atoms with E-state index in [2.05, 4.69) is 17.6 Å². The van der Waals surface area contributed by atoms with Gasteiger partial charge in [0.25, 0.3) is 0 Å². The van der Waals surface area contributed by atoms with Gasteiger partial charge < -0.3 is 15.7 Å². The van der Waals surface area contributed by atoms with Crippen molar-refractivity contribution in [3.63, 3.8) is 0 Å². The lowest BCUT2D eigenvalue weighted by Crippen LogP contribution is -2.34. The minimum Gasteiger partial charge on any atom is -0.481 e. The van der Waals surface area contributed by atoms with Crippen LogP contribution in [0.5, 0.6) is 0 Å². The number of hydrogen-bond donors (Lipinski definition) is 3. The Morgan fingerprint density at radius 3 is 2.15 bits per heavy atom. The van der Waals surface area contributed by atoms with E-state index < -0.39 is 5.97 Å². The molecule has 1 aromatic carbocycles. The van der Waals surface area contributed by atoms with Crippen LogP contribution in [0.15, 0.2) is 30.3 Å². The highest BCUT2D eigenvalue weighted by Crippen LogP contribution is 2.11. The fraction of sp³-hybridized carbons (Fsp3) is 0.571. The Bertz CT molecular complexity index is 575. The Labute approximate surface area is 161 Å². The van der Waals surface area contributed by atoms with Gasteiger partial charge in [-0.2, -0.15) is 0 Å². The van der Waals surface area contributed by atoms with Crippen LogP contribution in [0.25, 0.3) is 0 Å². The van der Waals surface area contributed by atoms with Crippen molar-refractivity contribution in [1.29, 1.82) is 0 Å². The quantitative estimate of drug-likeness (QED) is 0.426. The van der Waals surface area contributed by atoms with E-state index in [0.29, 0.717) is 38.5 Å². The number of carbonyl (C=O) groups is 3. The molecule has 3 N–H and O–H groups in total. The van der Waals surface area contributed by atoms with Gasteiger partial charge in [0.15, 0.2) is 0 Å². The molecule has 0 aliphatic carbocycles. The van der Waals surface area contributed by atoms with E-state index in [9.17, 15) is 14.4 Å². The summed E-state index contributed by atoms with van der Waals surface area (Å²) >= 11 is 0. The minimum atomic E-state index is -0.802. The molecule has 0 bridgehead atoms. The first-order chi connectivity index (χ1) is 13.0. The highest BCUT2D eigenvalue weighted by Gasteiger charge is 2.13. The summed E-state index contributed by atoms with van der Waals surface area (Å²) in [5.41, 5.74) is 0.778. The van der Waals surface area contributed by atoms with E-state index in [0.717, 1.165) is 24.9 Å². The standard InChI is InChI=1S/C21H32N2O4/c1-2-3-10-17(13-9-16-21(26)27)22-19(24)14-7-8-15-20(25)23-18-11-5-4-6-12-18/h4-6,11-12,17H,2-3,7-10,13-16H2,1H3,(H,22,24)(H,23,25)(H,26,27). The number of unbranched alkanes of at least 4 members (excludes halogenated alkanes) is 2. The monoisotopic (exact) mass is 376 g/mol. The van der Waals surface area contributed by atoms with Crippen LogP contribution in [0.4, 0.5) is 5.69 Å². The molecule has 0 heterocycles. The number of carbonyl (C=O) groups excluding carboxylic acids is 2. The lowest BCUT2D eigenvalue weighted by molar-refractivity contribution is -0.137. The van der Waals surface area contributed by atoms with E-state index in [1.807, 2.05) is 30.3 Å². The van der Waals surface area contributed by atoms with Crippen molar-refractivity contribution in [1.82, 2.24) is 5.32 Å². The molecule has 2 amide bonds. The number of anilines is 1. The van der Waals surface area contributed by atoms with E-state index in [1.54, 1.807) is 0 Å². The average Bonchev–Trinajstić information content (AvgIpc) is 2.63. The summed E-state index contributed by atoms with van der Waals surface area (Å²) in [5, 5.41) is 14.6. The van der Waals surface area contributed by atoms with Crippen molar-refractivity contribution in [2.45, 2.75) is 77.2 Å². The van der Waals surface area contributed by atoms with Gasteiger partial charge in [-0.05, 0) is 44.2 Å². The molecule has 6 nitrogen and oxygen atoms in total.